The van der Waals surface area contributed by atoms with Gasteiger partial charge in [0.2, 0.25) is 0 Å². The van der Waals surface area contributed by atoms with Gasteiger partial charge in [-0.2, -0.15) is 4.31 Å². The second-order valence-electron chi connectivity index (χ2n) is 4.19. The van der Waals surface area contributed by atoms with Gasteiger partial charge < -0.3 is 5.11 Å². The molecule has 2 rings (SSSR count). The molecule has 0 spiro atoms. The number of aliphatic hydroxyl groups is 1. The van der Waals surface area contributed by atoms with Crippen LogP contribution in [0.4, 0.5) is 0 Å². The molecule has 0 aromatic carbocycles. The third-order valence-corrected chi connectivity index (χ3v) is 6.75. The molecule has 1 fully saturated rings. The van der Waals surface area contributed by atoms with E-state index in [1.807, 2.05) is 6.92 Å². The summed E-state index contributed by atoms with van der Waals surface area (Å²) >= 11 is 6.81. The minimum absolute atomic E-state index is 0.139. The third kappa shape index (κ3) is 2.37. The smallest absolute Gasteiger partial charge is 0.252 e. The Balaban J connectivity index is 2.33. The molecule has 1 aliphatic rings. The lowest BCUT2D eigenvalue weighted by Gasteiger charge is -2.23. The van der Waals surface area contributed by atoms with E-state index in [0.717, 1.165) is 17.8 Å². The standard InChI is InChI=1S/C10H14ClNO3S2/c1-7-4-5-12(8(7)6-13)17(14,15)10-3-2-9(11)16-10/h2-3,7-8,13H,4-6H2,1H3. The molecule has 2 unspecified atom stereocenters. The first kappa shape index (κ1) is 13.3. The summed E-state index contributed by atoms with van der Waals surface area (Å²) in [4.78, 5) is 0. The van der Waals surface area contributed by atoms with Gasteiger partial charge in [-0.05, 0) is 24.5 Å². The van der Waals surface area contributed by atoms with Crippen molar-refractivity contribution in [2.24, 2.45) is 5.92 Å². The second kappa shape index (κ2) is 4.85. The van der Waals surface area contributed by atoms with Crippen molar-refractivity contribution in [2.45, 2.75) is 23.6 Å². The van der Waals surface area contributed by atoms with Crippen LogP contribution in [0.1, 0.15) is 13.3 Å². The Labute approximate surface area is 110 Å². The minimum atomic E-state index is -3.50. The van der Waals surface area contributed by atoms with Crippen LogP contribution in [0.25, 0.3) is 0 Å². The Kier molecular flexibility index (Phi) is 3.80. The summed E-state index contributed by atoms with van der Waals surface area (Å²) in [6.45, 7) is 2.28. The molecule has 0 amide bonds. The summed E-state index contributed by atoms with van der Waals surface area (Å²) in [5, 5.41) is 9.29. The highest BCUT2D eigenvalue weighted by atomic mass is 35.5. The van der Waals surface area contributed by atoms with Crippen LogP contribution in [-0.4, -0.2) is 37.0 Å². The number of sulfonamides is 1. The molecule has 7 heteroatoms. The summed E-state index contributed by atoms with van der Waals surface area (Å²) in [5.41, 5.74) is 0. The number of hydrogen-bond donors (Lipinski definition) is 1. The Morgan fingerprint density at radius 2 is 2.29 bits per heavy atom. The van der Waals surface area contributed by atoms with Gasteiger partial charge in [0.15, 0.2) is 0 Å². The first-order valence-corrected chi connectivity index (χ1v) is 7.98. The Hall–Kier alpha value is -0.140. The van der Waals surface area contributed by atoms with Crippen LogP contribution >= 0.6 is 22.9 Å². The van der Waals surface area contributed by atoms with Gasteiger partial charge >= 0.3 is 0 Å². The van der Waals surface area contributed by atoms with E-state index in [9.17, 15) is 13.5 Å². The zero-order valence-electron chi connectivity index (χ0n) is 9.34. The normalized spacial score (nSPS) is 26.5. The van der Waals surface area contributed by atoms with Gasteiger partial charge in [-0.3, -0.25) is 0 Å². The Morgan fingerprint density at radius 1 is 1.59 bits per heavy atom. The monoisotopic (exact) mass is 295 g/mol. The van der Waals surface area contributed by atoms with E-state index in [0.29, 0.717) is 10.9 Å². The molecule has 17 heavy (non-hydrogen) atoms. The average molecular weight is 296 g/mol. The largest absolute Gasteiger partial charge is 0.395 e. The molecule has 0 aliphatic carbocycles. The van der Waals surface area contributed by atoms with Crippen molar-refractivity contribution in [1.29, 1.82) is 0 Å². The average Bonchev–Trinajstić information content (AvgIpc) is 2.84. The molecule has 1 aromatic rings. The zero-order valence-corrected chi connectivity index (χ0v) is 11.7. The molecule has 2 heterocycles. The molecule has 96 valence electrons. The molecule has 1 N–H and O–H groups in total. The fourth-order valence-corrected chi connectivity index (χ4v) is 5.43. The highest BCUT2D eigenvalue weighted by Crippen LogP contribution is 2.33. The van der Waals surface area contributed by atoms with Crippen LogP contribution in [0.15, 0.2) is 16.3 Å². The fraction of sp³-hybridized carbons (Fsp3) is 0.600. The summed E-state index contributed by atoms with van der Waals surface area (Å²) in [5.74, 6) is 0.185. The fourth-order valence-electron chi connectivity index (χ4n) is 2.09. The van der Waals surface area contributed by atoms with Gasteiger partial charge in [-0.1, -0.05) is 18.5 Å². The third-order valence-electron chi connectivity index (χ3n) is 3.13. The topological polar surface area (TPSA) is 57.6 Å². The molecule has 2 atom stereocenters. The molecule has 0 saturated carbocycles. The predicted molar refractivity (Wildman–Crippen MR) is 67.9 cm³/mol. The molecular weight excluding hydrogens is 282 g/mol. The lowest BCUT2D eigenvalue weighted by Crippen LogP contribution is -2.39. The van der Waals surface area contributed by atoms with Crippen LogP contribution in [0.3, 0.4) is 0 Å². The van der Waals surface area contributed by atoms with Crippen molar-refractivity contribution in [3.05, 3.63) is 16.5 Å². The van der Waals surface area contributed by atoms with Gasteiger partial charge in [0, 0.05) is 6.54 Å². The van der Waals surface area contributed by atoms with E-state index in [-0.39, 0.29) is 22.8 Å². The van der Waals surface area contributed by atoms with Crippen molar-refractivity contribution in [1.82, 2.24) is 4.31 Å². The van der Waals surface area contributed by atoms with Gasteiger partial charge in [0.1, 0.15) is 4.21 Å². The summed E-state index contributed by atoms with van der Waals surface area (Å²) < 4.78 is 26.7. The first-order valence-electron chi connectivity index (χ1n) is 5.35. The lowest BCUT2D eigenvalue weighted by atomic mass is 10.0. The zero-order chi connectivity index (χ0) is 12.6. The maximum absolute atomic E-state index is 12.3. The molecule has 4 nitrogen and oxygen atoms in total. The van der Waals surface area contributed by atoms with E-state index < -0.39 is 10.0 Å². The van der Waals surface area contributed by atoms with Gasteiger partial charge in [-0.15, -0.1) is 11.3 Å². The van der Waals surface area contributed by atoms with Crippen molar-refractivity contribution in [3.8, 4) is 0 Å². The molecular formula is C10H14ClNO3S2. The maximum Gasteiger partial charge on any atom is 0.252 e. The van der Waals surface area contributed by atoms with E-state index in [1.165, 1.54) is 10.4 Å². The van der Waals surface area contributed by atoms with E-state index in [4.69, 9.17) is 11.6 Å². The summed E-state index contributed by atoms with van der Waals surface area (Å²) in [6, 6.07) is 2.77. The van der Waals surface area contributed by atoms with E-state index in [1.54, 1.807) is 6.07 Å². The van der Waals surface area contributed by atoms with Crippen LogP contribution < -0.4 is 0 Å². The van der Waals surface area contributed by atoms with Gasteiger partial charge in [0.25, 0.3) is 10.0 Å². The maximum atomic E-state index is 12.3. The number of hydrogen-bond acceptors (Lipinski definition) is 4. The molecule has 1 aliphatic heterocycles. The van der Waals surface area contributed by atoms with Crippen molar-refractivity contribution in [2.75, 3.05) is 13.2 Å². The number of halogens is 1. The number of aliphatic hydroxyl groups excluding tert-OH is 1. The Morgan fingerprint density at radius 3 is 2.82 bits per heavy atom. The summed E-state index contributed by atoms with van der Waals surface area (Å²) in [6.07, 6.45) is 0.781. The molecule has 0 radical (unpaired) electrons. The number of thiophene rings is 1. The molecule has 1 saturated heterocycles. The predicted octanol–water partition coefficient (Wildman–Crippen LogP) is 1.79. The van der Waals surface area contributed by atoms with Crippen molar-refractivity contribution >= 4 is 33.0 Å². The quantitative estimate of drug-likeness (QED) is 0.925. The lowest BCUT2D eigenvalue weighted by molar-refractivity contribution is 0.191. The minimum Gasteiger partial charge on any atom is -0.395 e. The van der Waals surface area contributed by atoms with Gasteiger partial charge in [0.05, 0.1) is 17.0 Å². The highest BCUT2D eigenvalue weighted by Gasteiger charge is 2.39. The first-order chi connectivity index (χ1) is 7.96. The van der Waals surface area contributed by atoms with Gasteiger partial charge in [-0.25, -0.2) is 8.42 Å². The molecule has 1 aromatic heterocycles. The van der Waals surface area contributed by atoms with Crippen LogP contribution in [0, 0.1) is 5.92 Å². The van der Waals surface area contributed by atoms with E-state index in [2.05, 4.69) is 0 Å². The SMILES string of the molecule is CC1CCN(S(=O)(=O)c2ccc(Cl)s2)C1CO. The Bertz CT molecular complexity index is 499. The van der Waals surface area contributed by atoms with Crippen LogP contribution in [0.5, 0.6) is 0 Å². The van der Waals surface area contributed by atoms with Crippen LogP contribution in [0.2, 0.25) is 4.34 Å². The molecule has 0 bridgehead atoms. The second-order valence-corrected chi connectivity index (χ2v) is 8.02. The van der Waals surface area contributed by atoms with E-state index >= 15 is 0 Å². The highest BCUT2D eigenvalue weighted by molar-refractivity contribution is 7.91. The summed E-state index contributed by atoms with van der Waals surface area (Å²) in [7, 11) is -3.50. The van der Waals surface area contributed by atoms with Crippen molar-refractivity contribution < 1.29 is 13.5 Å². The number of rotatable bonds is 3. The van der Waals surface area contributed by atoms with Crippen LogP contribution in [-0.2, 0) is 10.0 Å². The number of nitrogens with zero attached hydrogens (tertiary/aromatic N) is 1. The van der Waals surface area contributed by atoms with Crippen molar-refractivity contribution in [3.63, 3.8) is 0 Å².